The number of alkyl halides is 6. The summed E-state index contributed by atoms with van der Waals surface area (Å²) < 4.78 is 91.5. The molecule has 0 aromatic heterocycles. The summed E-state index contributed by atoms with van der Waals surface area (Å²) in [5, 5.41) is 0. The lowest BCUT2D eigenvalue weighted by molar-refractivity contribution is -0.388. The molecule has 0 radical (unpaired) electrons. The second-order valence-electron chi connectivity index (χ2n) is 6.75. The summed E-state index contributed by atoms with van der Waals surface area (Å²) in [5.41, 5.74) is -5.02. The molecule has 1 heterocycles. The van der Waals surface area contributed by atoms with Gasteiger partial charge in [-0.15, -0.1) is 0 Å². The third kappa shape index (κ3) is 4.33. The van der Waals surface area contributed by atoms with Crippen LogP contribution in [-0.4, -0.2) is 43.4 Å². The van der Waals surface area contributed by atoms with E-state index in [0.29, 0.717) is 0 Å². The largest absolute Gasteiger partial charge is 0.463 e. The van der Waals surface area contributed by atoms with E-state index in [4.69, 9.17) is 9.47 Å². The van der Waals surface area contributed by atoms with Crippen molar-refractivity contribution >= 4 is 5.97 Å². The summed E-state index contributed by atoms with van der Waals surface area (Å²) >= 11 is 0. The molecule has 0 amide bonds. The van der Waals surface area contributed by atoms with E-state index in [9.17, 15) is 31.1 Å². The Morgan fingerprint density at radius 1 is 1.08 bits per heavy atom. The van der Waals surface area contributed by atoms with Gasteiger partial charge in [0.05, 0.1) is 12.0 Å². The van der Waals surface area contributed by atoms with Gasteiger partial charge < -0.3 is 14.2 Å². The first-order chi connectivity index (χ1) is 10.6. The summed E-state index contributed by atoms with van der Waals surface area (Å²) in [6.07, 6.45) is -14.2. The minimum absolute atomic E-state index is 0.298. The van der Waals surface area contributed by atoms with Gasteiger partial charge in [0.2, 0.25) is 0 Å². The minimum atomic E-state index is -5.61. The Morgan fingerprint density at radius 3 is 1.96 bits per heavy atom. The van der Waals surface area contributed by atoms with Crippen molar-refractivity contribution in [3.05, 3.63) is 0 Å². The summed E-state index contributed by atoms with van der Waals surface area (Å²) in [7, 11) is 0. The number of ether oxygens (including phenoxy) is 3. The van der Waals surface area contributed by atoms with Crippen molar-refractivity contribution in [2.45, 2.75) is 58.4 Å². The summed E-state index contributed by atoms with van der Waals surface area (Å²) in [6.45, 7) is 5.29. The van der Waals surface area contributed by atoms with Crippen molar-refractivity contribution in [3.63, 3.8) is 0 Å². The maximum atomic E-state index is 12.9. The van der Waals surface area contributed by atoms with Crippen LogP contribution in [0.4, 0.5) is 26.3 Å². The fourth-order valence-corrected chi connectivity index (χ4v) is 2.15. The van der Waals surface area contributed by atoms with Crippen LogP contribution < -0.4 is 0 Å². The topological polar surface area (TPSA) is 44.8 Å². The Balaban J connectivity index is 2.65. The number of halogens is 6. The summed E-state index contributed by atoms with van der Waals surface area (Å²) in [6, 6.07) is 0. The third-order valence-corrected chi connectivity index (χ3v) is 3.52. The van der Waals surface area contributed by atoms with Crippen LogP contribution in [0.1, 0.15) is 34.1 Å². The van der Waals surface area contributed by atoms with Gasteiger partial charge in [-0.1, -0.05) is 6.92 Å². The lowest BCUT2D eigenvalue weighted by Gasteiger charge is -2.33. The van der Waals surface area contributed by atoms with E-state index in [0.717, 1.165) is 0 Å². The van der Waals surface area contributed by atoms with E-state index >= 15 is 0 Å². The van der Waals surface area contributed by atoms with Gasteiger partial charge in [0.25, 0.3) is 5.60 Å². The van der Waals surface area contributed by atoms with Crippen molar-refractivity contribution in [3.8, 4) is 0 Å². The molecule has 2 unspecified atom stereocenters. The van der Waals surface area contributed by atoms with Crippen molar-refractivity contribution < 1.29 is 45.3 Å². The molecule has 10 heteroatoms. The molecule has 1 fully saturated rings. The number of hydrogen-bond donors (Lipinski definition) is 0. The van der Waals surface area contributed by atoms with Gasteiger partial charge >= 0.3 is 18.3 Å². The van der Waals surface area contributed by atoms with E-state index < -0.39 is 48.0 Å². The number of carbonyl (C=O) groups excluding carboxylic acids is 1. The Morgan fingerprint density at radius 2 is 1.58 bits per heavy atom. The number of esters is 1. The normalized spacial score (nSPS) is 24.9. The molecule has 1 saturated heterocycles. The highest BCUT2D eigenvalue weighted by Gasteiger charge is 2.76. The molecule has 0 saturated carbocycles. The molecule has 1 rings (SSSR count). The van der Waals surface area contributed by atoms with Crippen LogP contribution in [0, 0.1) is 11.3 Å². The summed E-state index contributed by atoms with van der Waals surface area (Å²) in [4.78, 5) is 11.5. The molecule has 0 aromatic rings. The maximum Gasteiger partial charge on any atom is 0.426 e. The van der Waals surface area contributed by atoms with Gasteiger partial charge in [0.1, 0.15) is 6.61 Å². The van der Waals surface area contributed by atoms with E-state index in [1.807, 2.05) is 0 Å². The quantitative estimate of drug-likeness (QED) is 0.431. The van der Waals surface area contributed by atoms with Crippen molar-refractivity contribution in [1.29, 1.82) is 0 Å². The molecule has 0 bridgehead atoms. The Kier molecular flexibility index (Phi) is 5.87. The predicted molar refractivity (Wildman–Crippen MR) is 69.9 cm³/mol. The highest BCUT2D eigenvalue weighted by atomic mass is 19.4. The molecule has 1 aliphatic heterocycles. The number of carbonyl (C=O) groups is 1. The lowest BCUT2D eigenvalue weighted by Crippen LogP contribution is -2.56. The molecule has 4 nitrogen and oxygen atoms in total. The zero-order valence-corrected chi connectivity index (χ0v) is 13.7. The minimum Gasteiger partial charge on any atom is -0.463 e. The van der Waals surface area contributed by atoms with Crippen LogP contribution in [0.2, 0.25) is 0 Å². The Bertz CT molecular complexity index is 438. The zero-order chi connectivity index (χ0) is 19.0. The molecule has 0 aromatic carbocycles. The standard InChI is InChI=1S/C14H20F6O4/c1-8-7-12(13(15,16)17,14(18,19)20)24-9(8)22-5-6-23-10(21)11(2,3)4/h8-9H,5-7H2,1-4H3. The summed E-state index contributed by atoms with van der Waals surface area (Å²) in [5.74, 6) is -1.70. The maximum absolute atomic E-state index is 12.9. The highest BCUT2D eigenvalue weighted by Crippen LogP contribution is 2.54. The first-order valence-corrected chi connectivity index (χ1v) is 7.22. The molecule has 2 atom stereocenters. The van der Waals surface area contributed by atoms with Crippen LogP contribution in [0.5, 0.6) is 0 Å². The average Bonchev–Trinajstić information content (AvgIpc) is 2.71. The fourth-order valence-electron chi connectivity index (χ4n) is 2.15. The third-order valence-electron chi connectivity index (χ3n) is 3.52. The second kappa shape index (κ2) is 6.70. The highest BCUT2D eigenvalue weighted by molar-refractivity contribution is 5.75. The van der Waals surface area contributed by atoms with Crippen molar-refractivity contribution in [2.24, 2.45) is 11.3 Å². The fraction of sp³-hybridized carbons (Fsp3) is 0.929. The van der Waals surface area contributed by atoms with Gasteiger partial charge in [0.15, 0.2) is 6.29 Å². The molecular weight excluding hydrogens is 346 g/mol. The van der Waals surface area contributed by atoms with Gasteiger partial charge in [-0.2, -0.15) is 26.3 Å². The van der Waals surface area contributed by atoms with Gasteiger partial charge in [-0.25, -0.2) is 0 Å². The number of rotatable bonds is 4. The van der Waals surface area contributed by atoms with Gasteiger partial charge in [-0.3, -0.25) is 4.79 Å². The predicted octanol–water partition coefficient (Wildman–Crippen LogP) is 3.84. The Labute approximate surface area is 135 Å². The SMILES string of the molecule is CC1CC(C(F)(F)F)(C(F)(F)F)OC1OCCOC(=O)C(C)(C)C. The van der Waals surface area contributed by atoms with Crippen LogP contribution in [0.15, 0.2) is 0 Å². The van der Waals surface area contributed by atoms with Crippen LogP contribution in [-0.2, 0) is 19.0 Å². The van der Waals surface area contributed by atoms with Crippen LogP contribution in [0.3, 0.4) is 0 Å². The second-order valence-corrected chi connectivity index (χ2v) is 6.75. The molecule has 0 spiro atoms. The van der Waals surface area contributed by atoms with Crippen molar-refractivity contribution in [1.82, 2.24) is 0 Å². The monoisotopic (exact) mass is 366 g/mol. The van der Waals surface area contributed by atoms with E-state index in [-0.39, 0.29) is 13.2 Å². The molecule has 1 aliphatic rings. The first-order valence-electron chi connectivity index (χ1n) is 7.22. The van der Waals surface area contributed by atoms with E-state index in [1.165, 1.54) is 6.92 Å². The van der Waals surface area contributed by atoms with E-state index in [1.54, 1.807) is 20.8 Å². The Hall–Kier alpha value is -1.03. The zero-order valence-electron chi connectivity index (χ0n) is 13.7. The van der Waals surface area contributed by atoms with Crippen molar-refractivity contribution in [2.75, 3.05) is 13.2 Å². The lowest BCUT2D eigenvalue weighted by atomic mass is 9.93. The molecular formula is C14H20F6O4. The van der Waals surface area contributed by atoms with Gasteiger partial charge in [-0.05, 0) is 20.8 Å². The molecule has 142 valence electrons. The van der Waals surface area contributed by atoms with E-state index in [2.05, 4.69) is 4.74 Å². The first kappa shape index (κ1) is 21.0. The van der Waals surface area contributed by atoms with Crippen LogP contribution in [0.25, 0.3) is 0 Å². The molecule has 24 heavy (non-hydrogen) atoms. The molecule has 0 aliphatic carbocycles. The smallest absolute Gasteiger partial charge is 0.426 e. The molecule has 0 N–H and O–H groups in total. The average molecular weight is 366 g/mol. The van der Waals surface area contributed by atoms with Crippen LogP contribution >= 0.6 is 0 Å². The number of hydrogen-bond acceptors (Lipinski definition) is 4. The van der Waals surface area contributed by atoms with Gasteiger partial charge in [0, 0.05) is 12.3 Å².